The molecule has 0 aromatic rings. The van der Waals surface area contributed by atoms with Crippen LogP contribution in [0.4, 0.5) is 13.2 Å². The monoisotopic (exact) mass is 329 g/mol. The summed E-state index contributed by atoms with van der Waals surface area (Å²) >= 11 is 0. The molecule has 0 aromatic heterocycles. The van der Waals surface area contributed by atoms with Crippen LogP contribution in [0, 0.1) is 5.92 Å². The van der Waals surface area contributed by atoms with Gasteiger partial charge in [0.05, 0.1) is 11.9 Å². The maximum absolute atomic E-state index is 12.3. The van der Waals surface area contributed by atoms with Crippen molar-refractivity contribution in [1.82, 2.24) is 4.31 Å². The lowest BCUT2D eigenvalue weighted by Gasteiger charge is -2.30. The van der Waals surface area contributed by atoms with Crippen molar-refractivity contribution in [2.24, 2.45) is 5.92 Å². The van der Waals surface area contributed by atoms with Gasteiger partial charge in [-0.25, -0.2) is 8.42 Å². The van der Waals surface area contributed by atoms with Gasteiger partial charge in [0.2, 0.25) is 10.0 Å². The van der Waals surface area contributed by atoms with Gasteiger partial charge in [0.1, 0.15) is 0 Å². The molecule has 2 fully saturated rings. The molecule has 2 aliphatic rings. The van der Waals surface area contributed by atoms with Crippen molar-refractivity contribution < 1.29 is 26.7 Å². The summed E-state index contributed by atoms with van der Waals surface area (Å²) in [5.74, 6) is -0.531. The molecule has 3 atom stereocenters. The Labute approximate surface area is 123 Å². The standard InChI is InChI=1S/C13H22F3NO3S/c14-13(15,16)7-3-9-21(19,20)17-8-2-5-11(17)10-4-1-6-12(10)18/h10-12,18H,1-9H2. The number of hydrogen-bond donors (Lipinski definition) is 1. The van der Waals surface area contributed by atoms with E-state index in [1.54, 1.807) is 0 Å². The SMILES string of the molecule is O=S(=O)(CCCC(F)(F)F)N1CCCC1C1CCCC1O. The van der Waals surface area contributed by atoms with Crippen LogP contribution in [0.25, 0.3) is 0 Å². The molecule has 0 aromatic carbocycles. The third-order valence-electron chi connectivity index (χ3n) is 4.49. The second-order valence-corrected chi connectivity index (χ2v) is 8.06. The highest BCUT2D eigenvalue weighted by molar-refractivity contribution is 7.89. The van der Waals surface area contributed by atoms with Gasteiger partial charge < -0.3 is 5.11 Å². The van der Waals surface area contributed by atoms with Crippen LogP contribution < -0.4 is 0 Å². The summed E-state index contributed by atoms with van der Waals surface area (Å²) in [6.07, 6.45) is -2.51. The number of hydrogen-bond acceptors (Lipinski definition) is 3. The molecule has 1 N–H and O–H groups in total. The fraction of sp³-hybridized carbons (Fsp3) is 1.00. The predicted octanol–water partition coefficient (Wildman–Crippen LogP) is 2.28. The van der Waals surface area contributed by atoms with Gasteiger partial charge in [-0.15, -0.1) is 0 Å². The highest BCUT2D eigenvalue weighted by Gasteiger charge is 2.42. The van der Waals surface area contributed by atoms with Crippen LogP contribution in [0.5, 0.6) is 0 Å². The molecule has 124 valence electrons. The zero-order valence-electron chi connectivity index (χ0n) is 11.8. The van der Waals surface area contributed by atoms with Crippen molar-refractivity contribution in [3.63, 3.8) is 0 Å². The van der Waals surface area contributed by atoms with E-state index in [9.17, 15) is 26.7 Å². The van der Waals surface area contributed by atoms with Crippen molar-refractivity contribution in [2.75, 3.05) is 12.3 Å². The third-order valence-corrected chi connectivity index (χ3v) is 6.47. The molecule has 1 saturated carbocycles. The molecule has 8 heteroatoms. The van der Waals surface area contributed by atoms with Crippen LogP contribution in [0.2, 0.25) is 0 Å². The smallest absolute Gasteiger partial charge is 0.389 e. The largest absolute Gasteiger partial charge is 0.393 e. The van der Waals surface area contributed by atoms with E-state index < -0.39 is 40.9 Å². The van der Waals surface area contributed by atoms with Gasteiger partial charge in [0, 0.05) is 24.9 Å². The molecule has 1 saturated heterocycles. The van der Waals surface area contributed by atoms with E-state index >= 15 is 0 Å². The van der Waals surface area contributed by atoms with Gasteiger partial charge >= 0.3 is 6.18 Å². The highest BCUT2D eigenvalue weighted by Crippen LogP contribution is 2.37. The molecular weight excluding hydrogens is 307 g/mol. The van der Waals surface area contributed by atoms with E-state index in [1.807, 2.05) is 0 Å². The second-order valence-electron chi connectivity index (χ2n) is 6.02. The molecule has 0 spiro atoms. The van der Waals surface area contributed by atoms with E-state index in [-0.39, 0.29) is 12.0 Å². The van der Waals surface area contributed by atoms with E-state index in [0.717, 1.165) is 12.8 Å². The van der Waals surface area contributed by atoms with E-state index in [4.69, 9.17) is 0 Å². The van der Waals surface area contributed by atoms with Gasteiger partial charge in [-0.1, -0.05) is 6.42 Å². The van der Waals surface area contributed by atoms with Crippen molar-refractivity contribution in [3.8, 4) is 0 Å². The molecule has 1 heterocycles. The summed E-state index contributed by atoms with van der Waals surface area (Å²) in [6, 6.07) is -0.238. The normalized spacial score (nSPS) is 31.9. The Morgan fingerprint density at radius 1 is 1.14 bits per heavy atom. The fourth-order valence-electron chi connectivity index (χ4n) is 3.53. The Morgan fingerprint density at radius 2 is 1.86 bits per heavy atom. The summed E-state index contributed by atoms with van der Waals surface area (Å²) in [6.45, 7) is 0.363. The first kappa shape index (κ1) is 17.0. The second kappa shape index (κ2) is 6.42. The molecular formula is C13H22F3NO3S. The van der Waals surface area contributed by atoms with Crippen LogP contribution in [-0.4, -0.2) is 48.4 Å². The van der Waals surface area contributed by atoms with Crippen molar-refractivity contribution in [2.45, 2.75) is 63.3 Å². The van der Waals surface area contributed by atoms with Crippen LogP contribution >= 0.6 is 0 Å². The first-order chi connectivity index (χ1) is 9.71. The van der Waals surface area contributed by atoms with Crippen LogP contribution in [-0.2, 0) is 10.0 Å². The van der Waals surface area contributed by atoms with Crippen LogP contribution in [0.15, 0.2) is 0 Å². The Kier molecular flexibility index (Phi) is 5.20. The van der Waals surface area contributed by atoms with Crippen molar-refractivity contribution >= 4 is 10.0 Å². The summed E-state index contributed by atoms with van der Waals surface area (Å²) in [5, 5.41) is 9.95. The number of sulfonamides is 1. The van der Waals surface area contributed by atoms with Crippen molar-refractivity contribution in [3.05, 3.63) is 0 Å². The maximum atomic E-state index is 12.3. The molecule has 1 aliphatic heterocycles. The van der Waals surface area contributed by atoms with E-state index in [2.05, 4.69) is 0 Å². The zero-order chi connectivity index (χ0) is 15.7. The van der Waals surface area contributed by atoms with Gasteiger partial charge in [-0.05, 0) is 32.1 Å². The number of halogens is 3. The minimum atomic E-state index is -4.32. The zero-order valence-corrected chi connectivity index (χ0v) is 12.7. The fourth-order valence-corrected chi connectivity index (χ4v) is 5.35. The van der Waals surface area contributed by atoms with Crippen LogP contribution in [0.3, 0.4) is 0 Å². The molecule has 2 rings (SSSR count). The molecule has 0 bridgehead atoms. The number of nitrogens with zero attached hydrogens (tertiary/aromatic N) is 1. The van der Waals surface area contributed by atoms with E-state index in [0.29, 0.717) is 25.8 Å². The Hall–Kier alpha value is -0.340. The Bertz CT molecular complexity index is 452. The average Bonchev–Trinajstić information content (AvgIpc) is 2.94. The molecule has 0 amide bonds. The molecule has 1 aliphatic carbocycles. The van der Waals surface area contributed by atoms with E-state index in [1.165, 1.54) is 4.31 Å². The summed E-state index contributed by atoms with van der Waals surface area (Å²) < 4.78 is 62.3. The first-order valence-electron chi connectivity index (χ1n) is 7.45. The Balaban J connectivity index is 1.97. The third kappa shape index (κ3) is 4.32. The van der Waals surface area contributed by atoms with Crippen molar-refractivity contribution in [1.29, 1.82) is 0 Å². The van der Waals surface area contributed by atoms with Gasteiger partial charge in [0.25, 0.3) is 0 Å². The number of aliphatic hydroxyl groups is 1. The maximum Gasteiger partial charge on any atom is 0.389 e. The lowest BCUT2D eigenvalue weighted by atomic mass is 9.95. The van der Waals surface area contributed by atoms with Gasteiger partial charge in [-0.3, -0.25) is 0 Å². The first-order valence-corrected chi connectivity index (χ1v) is 9.06. The lowest BCUT2D eigenvalue weighted by Crippen LogP contribution is -2.43. The topological polar surface area (TPSA) is 57.6 Å². The predicted molar refractivity (Wildman–Crippen MR) is 72.2 cm³/mol. The lowest BCUT2D eigenvalue weighted by molar-refractivity contribution is -0.134. The molecule has 4 nitrogen and oxygen atoms in total. The van der Waals surface area contributed by atoms with Gasteiger partial charge in [-0.2, -0.15) is 17.5 Å². The molecule has 21 heavy (non-hydrogen) atoms. The minimum absolute atomic E-state index is 0.0649. The average molecular weight is 329 g/mol. The summed E-state index contributed by atoms with van der Waals surface area (Å²) in [5.41, 5.74) is 0. The highest BCUT2D eigenvalue weighted by atomic mass is 32.2. The van der Waals surface area contributed by atoms with Gasteiger partial charge in [0.15, 0.2) is 0 Å². The number of alkyl halides is 3. The molecule has 0 radical (unpaired) electrons. The minimum Gasteiger partial charge on any atom is -0.393 e. The number of aliphatic hydroxyl groups excluding tert-OH is 1. The summed E-state index contributed by atoms with van der Waals surface area (Å²) in [7, 11) is -3.67. The Morgan fingerprint density at radius 3 is 2.43 bits per heavy atom. The number of rotatable bonds is 5. The molecule has 3 unspecified atom stereocenters. The summed E-state index contributed by atoms with van der Waals surface area (Å²) in [4.78, 5) is 0. The van der Waals surface area contributed by atoms with Crippen LogP contribution in [0.1, 0.15) is 44.9 Å². The quantitative estimate of drug-likeness (QED) is 0.842.